The molecule has 2 aromatic carbocycles. The number of amides is 2. The van der Waals surface area contributed by atoms with Gasteiger partial charge in [0.05, 0.1) is 19.8 Å². The van der Waals surface area contributed by atoms with Crippen LogP contribution < -0.4 is 0 Å². The van der Waals surface area contributed by atoms with Gasteiger partial charge in [0.2, 0.25) is 5.91 Å². The molecule has 4 rings (SSSR count). The molecule has 2 saturated heterocycles. The van der Waals surface area contributed by atoms with Crippen LogP contribution in [0.1, 0.15) is 10.4 Å². The van der Waals surface area contributed by atoms with E-state index in [2.05, 4.69) is 4.90 Å². The number of piperazine rings is 1. The molecule has 2 amide bonds. The van der Waals surface area contributed by atoms with Gasteiger partial charge in [0, 0.05) is 44.8 Å². The highest BCUT2D eigenvalue weighted by molar-refractivity contribution is 6.07. The van der Waals surface area contributed by atoms with E-state index in [1.165, 1.54) is 0 Å². The fraction of sp³-hybridized carbons (Fsp3) is 0.429. The van der Waals surface area contributed by atoms with Gasteiger partial charge in [-0.25, -0.2) is 0 Å². The van der Waals surface area contributed by atoms with Crippen LogP contribution in [0, 0.1) is 0 Å². The zero-order valence-electron chi connectivity index (χ0n) is 15.5. The second-order valence-electron chi connectivity index (χ2n) is 7.09. The van der Waals surface area contributed by atoms with Crippen LogP contribution in [0.4, 0.5) is 0 Å². The summed E-state index contributed by atoms with van der Waals surface area (Å²) in [6.07, 6.45) is 0. The van der Waals surface area contributed by atoms with Gasteiger partial charge in [-0.3, -0.25) is 14.5 Å². The predicted molar refractivity (Wildman–Crippen MR) is 104 cm³/mol. The summed E-state index contributed by atoms with van der Waals surface area (Å²) < 4.78 is 5.33. The molecule has 0 aliphatic carbocycles. The van der Waals surface area contributed by atoms with Gasteiger partial charge in [0.15, 0.2) is 0 Å². The number of hydrogen-bond acceptors (Lipinski definition) is 4. The second-order valence-corrected chi connectivity index (χ2v) is 7.09. The molecule has 27 heavy (non-hydrogen) atoms. The van der Waals surface area contributed by atoms with Crippen molar-refractivity contribution in [2.45, 2.75) is 0 Å². The molecule has 142 valence electrons. The highest BCUT2D eigenvalue weighted by Gasteiger charge is 2.26. The van der Waals surface area contributed by atoms with E-state index in [4.69, 9.17) is 4.74 Å². The maximum Gasteiger partial charge on any atom is 0.254 e. The monoisotopic (exact) mass is 367 g/mol. The van der Waals surface area contributed by atoms with Crippen molar-refractivity contribution in [1.29, 1.82) is 0 Å². The van der Waals surface area contributed by atoms with Gasteiger partial charge in [-0.05, 0) is 16.8 Å². The topological polar surface area (TPSA) is 53.1 Å². The molecule has 0 radical (unpaired) electrons. The van der Waals surface area contributed by atoms with Crippen LogP contribution in [0.25, 0.3) is 10.8 Å². The van der Waals surface area contributed by atoms with E-state index in [9.17, 15) is 9.59 Å². The average molecular weight is 367 g/mol. The number of morpholine rings is 1. The summed E-state index contributed by atoms with van der Waals surface area (Å²) in [4.78, 5) is 31.4. The van der Waals surface area contributed by atoms with Crippen LogP contribution >= 0.6 is 0 Å². The van der Waals surface area contributed by atoms with E-state index in [1.807, 2.05) is 52.3 Å². The van der Waals surface area contributed by atoms with E-state index in [0.29, 0.717) is 45.9 Å². The molecular formula is C21H25N3O3. The molecule has 0 spiro atoms. The molecule has 2 aromatic rings. The van der Waals surface area contributed by atoms with Crippen molar-refractivity contribution in [3.8, 4) is 0 Å². The lowest BCUT2D eigenvalue weighted by molar-refractivity contribution is -0.134. The SMILES string of the molecule is O=C(CN1CCOCC1)N1CCN(C(=O)c2cccc3ccccc23)CC1. The Morgan fingerprint density at radius 1 is 0.815 bits per heavy atom. The molecule has 2 heterocycles. The summed E-state index contributed by atoms with van der Waals surface area (Å²) in [5.41, 5.74) is 0.737. The molecule has 0 unspecified atom stereocenters. The molecule has 0 bridgehead atoms. The lowest BCUT2D eigenvalue weighted by Crippen LogP contribution is -2.53. The largest absolute Gasteiger partial charge is 0.379 e. The first-order chi connectivity index (χ1) is 13.2. The van der Waals surface area contributed by atoms with E-state index in [-0.39, 0.29) is 11.8 Å². The van der Waals surface area contributed by atoms with Crippen molar-refractivity contribution < 1.29 is 14.3 Å². The van der Waals surface area contributed by atoms with Gasteiger partial charge in [0.25, 0.3) is 5.91 Å². The number of hydrogen-bond donors (Lipinski definition) is 0. The van der Waals surface area contributed by atoms with Gasteiger partial charge in [-0.1, -0.05) is 36.4 Å². The van der Waals surface area contributed by atoms with Crippen molar-refractivity contribution in [3.05, 3.63) is 48.0 Å². The van der Waals surface area contributed by atoms with Crippen LogP contribution in [-0.2, 0) is 9.53 Å². The Labute approximate surface area is 159 Å². The molecule has 2 aliphatic rings. The summed E-state index contributed by atoms with van der Waals surface area (Å²) in [6, 6.07) is 13.8. The van der Waals surface area contributed by atoms with Crippen LogP contribution in [0.5, 0.6) is 0 Å². The molecule has 6 heteroatoms. The summed E-state index contributed by atoms with van der Waals surface area (Å²) in [7, 11) is 0. The van der Waals surface area contributed by atoms with Crippen LogP contribution in [0.15, 0.2) is 42.5 Å². The van der Waals surface area contributed by atoms with Crippen molar-refractivity contribution in [3.63, 3.8) is 0 Å². The fourth-order valence-corrected chi connectivity index (χ4v) is 3.79. The number of carbonyl (C=O) groups is 2. The lowest BCUT2D eigenvalue weighted by Gasteiger charge is -2.36. The molecule has 0 N–H and O–H groups in total. The van der Waals surface area contributed by atoms with E-state index in [1.54, 1.807) is 0 Å². The third kappa shape index (κ3) is 3.96. The maximum atomic E-state index is 13.0. The van der Waals surface area contributed by atoms with E-state index < -0.39 is 0 Å². The molecule has 6 nitrogen and oxygen atoms in total. The Morgan fingerprint density at radius 3 is 2.26 bits per heavy atom. The minimum Gasteiger partial charge on any atom is -0.379 e. The molecule has 0 saturated carbocycles. The van der Waals surface area contributed by atoms with E-state index >= 15 is 0 Å². The Kier molecular flexibility index (Phi) is 5.36. The first-order valence-electron chi connectivity index (χ1n) is 9.57. The second kappa shape index (κ2) is 8.06. The first-order valence-corrected chi connectivity index (χ1v) is 9.57. The van der Waals surface area contributed by atoms with E-state index in [0.717, 1.165) is 29.4 Å². The Hall–Kier alpha value is -2.44. The molecular weight excluding hydrogens is 342 g/mol. The third-order valence-corrected chi connectivity index (χ3v) is 5.40. The van der Waals surface area contributed by atoms with Gasteiger partial charge in [-0.15, -0.1) is 0 Å². The van der Waals surface area contributed by atoms with Crippen LogP contribution in [-0.4, -0.2) is 85.5 Å². The fourth-order valence-electron chi connectivity index (χ4n) is 3.79. The number of fused-ring (bicyclic) bond motifs is 1. The zero-order chi connectivity index (χ0) is 18.6. The van der Waals surface area contributed by atoms with Crippen molar-refractivity contribution >= 4 is 22.6 Å². The minimum absolute atomic E-state index is 0.0482. The van der Waals surface area contributed by atoms with Gasteiger partial charge in [-0.2, -0.15) is 0 Å². The standard InChI is InChI=1S/C21H25N3O3/c25-20(16-22-12-14-27-15-13-22)23-8-10-24(11-9-23)21(26)19-7-3-5-17-4-1-2-6-18(17)19/h1-7H,8-16H2. The number of carbonyl (C=O) groups excluding carboxylic acids is 2. The van der Waals surface area contributed by atoms with Crippen molar-refractivity contribution in [2.24, 2.45) is 0 Å². The summed E-state index contributed by atoms with van der Waals surface area (Å²) in [5, 5.41) is 2.05. The summed E-state index contributed by atoms with van der Waals surface area (Å²) >= 11 is 0. The van der Waals surface area contributed by atoms with Gasteiger partial charge < -0.3 is 14.5 Å². The van der Waals surface area contributed by atoms with Crippen molar-refractivity contribution in [2.75, 3.05) is 59.0 Å². The number of rotatable bonds is 3. The Bertz CT molecular complexity index is 819. The molecule has 0 atom stereocenters. The number of nitrogens with zero attached hydrogens (tertiary/aromatic N) is 3. The highest BCUT2D eigenvalue weighted by Crippen LogP contribution is 2.20. The quantitative estimate of drug-likeness (QED) is 0.824. The van der Waals surface area contributed by atoms with Crippen molar-refractivity contribution in [1.82, 2.24) is 14.7 Å². The lowest BCUT2D eigenvalue weighted by atomic mass is 10.0. The van der Waals surface area contributed by atoms with Crippen LogP contribution in [0.2, 0.25) is 0 Å². The molecule has 2 aliphatic heterocycles. The first kappa shape index (κ1) is 17.9. The number of ether oxygens (including phenoxy) is 1. The average Bonchev–Trinajstić information content (AvgIpc) is 2.73. The Balaban J connectivity index is 1.37. The highest BCUT2D eigenvalue weighted by atomic mass is 16.5. The number of benzene rings is 2. The zero-order valence-corrected chi connectivity index (χ0v) is 15.5. The smallest absolute Gasteiger partial charge is 0.254 e. The molecule has 2 fully saturated rings. The normalized spacial score (nSPS) is 18.7. The molecule has 0 aromatic heterocycles. The maximum absolute atomic E-state index is 13.0. The minimum atomic E-state index is 0.0482. The summed E-state index contributed by atoms with van der Waals surface area (Å²) in [5.74, 6) is 0.196. The summed E-state index contributed by atoms with van der Waals surface area (Å²) in [6.45, 7) is 5.81. The van der Waals surface area contributed by atoms with Gasteiger partial charge >= 0.3 is 0 Å². The Morgan fingerprint density at radius 2 is 1.48 bits per heavy atom. The predicted octanol–water partition coefficient (Wildman–Crippen LogP) is 1.46. The van der Waals surface area contributed by atoms with Crippen LogP contribution in [0.3, 0.4) is 0 Å². The third-order valence-electron chi connectivity index (χ3n) is 5.40. The van der Waals surface area contributed by atoms with Gasteiger partial charge in [0.1, 0.15) is 0 Å².